The molecule has 0 spiro atoms. The zero-order valence-electron chi connectivity index (χ0n) is 14.8. The molecule has 5 heteroatoms. The van der Waals surface area contributed by atoms with Crippen molar-refractivity contribution in [2.45, 2.75) is 39.2 Å². The molecule has 2 atom stereocenters. The molecular formula is C19H29N3O2. The minimum atomic E-state index is -0.487. The highest BCUT2D eigenvalue weighted by molar-refractivity contribution is 5.94. The quantitative estimate of drug-likeness (QED) is 0.888. The Morgan fingerprint density at radius 2 is 2.00 bits per heavy atom. The summed E-state index contributed by atoms with van der Waals surface area (Å²) in [7, 11) is 0. The van der Waals surface area contributed by atoms with Crippen molar-refractivity contribution in [1.82, 2.24) is 4.90 Å². The fraction of sp³-hybridized carbons (Fsp3) is 0.632. The minimum Gasteiger partial charge on any atom is -0.392 e. The van der Waals surface area contributed by atoms with Crippen LogP contribution in [0.3, 0.4) is 0 Å². The van der Waals surface area contributed by atoms with Gasteiger partial charge in [0.15, 0.2) is 0 Å². The molecule has 2 unspecified atom stereocenters. The van der Waals surface area contributed by atoms with Crippen LogP contribution in [-0.4, -0.2) is 54.7 Å². The molecule has 1 aromatic carbocycles. The van der Waals surface area contributed by atoms with Crippen molar-refractivity contribution in [1.29, 1.82) is 0 Å². The molecule has 132 valence electrons. The van der Waals surface area contributed by atoms with Gasteiger partial charge in [0, 0.05) is 37.6 Å². The zero-order chi connectivity index (χ0) is 17.1. The number of anilines is 2. The van der Waals surface area contributed by atoms with Crippen molar-refractivity contribution >= 4 is 17.3 Å². The highest BCUT2D eigenvalue weighted by Crippen LogP contribution is 2.28. The Bertz CT molecular complexity index is 582. The monoisotopic (exact) mass is 331 g/mol. The number of nitrogens with zero attached hydrogens (tertiary/aromatic N) is 2. The molecule has 1 aromatic rings. The first kappa shape index (κ1) is 17.2. The number of carbonyl (C=O) groups is 1. The summed E-state index contributed by atoms with van der Waals surface area (Å²) in [6, 6.07) is 6.24. The third-order valence-corrected chi connectivity index (χ3v) is 5.47. The van der Waals surface area contributed by atoms with Crippen LogP contribution in [0.5, 0.6) is 0 Å². The average Bonchev–Trinajstić information content (AvgIpc) is 3.03. The molecule has 0 bridgehead atoms. The predicted molar refractivity (Wildman–Crippen MR) is 97.5 cm³/mol. The Kier molecular flexibility index (Phi) is 5.41. The lowest BCUT2D eigenvalue weighted by atomic mass is 10.0. The number of likely N-dealkylation sites (N-methyl/N-ethyl adjacent to an activating group) is 1. The van der Waals surface area contributed by atoms with Crippen molar-refractivity contribution in [3.63, 3.8) is 0 Å². The Hall–Kier alpha value is -1.59. The fourth-order valence-electron chi connectivity index (χ4n) is 3.78. The molecule has 1 aliphatic carbocycles. The van der Waals surface area contributed by atoms with E-state index in [-0.39, 0.29) is 11.8 Å². The van der Waals surface area contributed by atoms with Crippen molar-refractivity contribution in [2.75, 3.05) is 42.9 Å². The second kappa shape index (κ2) is 7.53. The van der Waals surface area contributed by atoms with Gasteiger partial charge in [0.1, 0.15) is 0 Å². The lowest BCUT2D eigenvalue weighted by Gasteiger charge is -2.35. The van der Waals surface area contributed by atoms with Crippen LogP contribution in [-0.2, 0) is 4.79 Å². The van der Waals surface area contributed by atoms with E-state index in [1.54, 1.807) is 0 Å². The Morgan fingerprint density at radius 3 is 2.58 bits per heavy atom. The Labute approximate surface area is 144 Å². The van der Waals surface area contributed by atoms with Gasteiger partial charge in [-0.25, -0.2) is 0 Å². The van der Waals surface area contributed by atoms with Crippen LogP contribution < -0.4 is 10.2 Å². The molecule has 3 rings (SSSR count). The van der Waals surface area contributed by atoms with Crippen LogP contribution in [0.2, 0.25) is 0 Å². The van der Waals surface area contributed by atoms with E-state index < -0.39 is 6.10 Å². The van der Waals surface area contributed by atoms with Gasteiger partial charge in [-0.05, 0) is 56.5 Å². The van der Waals surface area contributed by atoms with E-state index in [2.05, 4.69) is 34.2 Å². The van der Waals surface area contributed by atoms with Gasteiger partial charge in [-0.15, -0.1) is 0 Å². The second-order valence-electron chi connectivity index (χ2n) is 7.01. The maximum Gasteiger partial charge on any atom is 0.230 e. The summed E-state index contributed by atoms with van der Waals surface area (Å²) < 4.78 is 0. The number of aliphatic hydroxyl groups is 1. The number of hydrogen-bond acceptors (Lipinski definition) is 4. The lowest BCUT2D eigenvalue weighted by molar-refractivity contribution is -0.122. The third kappa shape index (κ3) is 3.73. The summed E-state index contributed by atoms with van der Waals surface area (Å²) in [6.07, 6.45) is 1.96. The maximum absolute atomic E-state index is 12.3. The lowest BCUT2D eigenvalue weighted by Crippen LogP contribution is -2.46. The largest absolute Gasteiger partial charge is 0.392 e. The first-order valence-electron chi connectivity index (χ1n) is 9.15. The van der Waals surface area contributed by atoms with Crippen LogP contribution >= 0.6 is 0 Å². The van der Waals surface area contributed by atoms with Crippen molar-refractivity contribution in [3.05, 3.63) is 23.8 Å². The Morgan fingerprint density at radius 1 is 1.25 bits per heavy atom. The van der Waals surface area contributed by atoms with E-state index in [0.29, 0.717) is 0 Å². The van der Waals surface area contributed by atoms with Gasteiger partial charge in [-0.2, -0.15) is 0 Å². The number of amides is 1. The number of aryl methyl sites for hydroxylation is 1. The first-order chi connectivity index (χ1) is 11.6. The topological polar surface area (TPSA) is 55.8 Å². The molecule has 2 N–H and O–H groups in total. The van der Waals surface area contributed by atoms with Crippen molar-refractivity contribution < 1.29 is 9.90 Å². The maximum atomic E-state index is 12.3. The molecule has 1 amide bonds. The normalized spacial score (nSPS) is 25.0. The summed E-state index contributed by atoms with van der Waals surface area (Å²) in [5.74, 6) is -0.307. The van der Waals surface area contributed by atoms with Gasteiger partial charge in [-0.1, -0.05) is 6.92 Å². The van der Waals surface area contributed by atoms with Crippen molar-refractivity contribution in [3.8, 4) is 0 Å². The van der Waals surface area contributed by atoms with Gasteiger partial charge < -0.3 is 20.2 Å². The SMILES string of the molecule is CCN1CCN(c2ccc(NC(=O)C3CCCC3O)c(C)c2)CC1. The minimum absolute atomic E-state index is 0.0487. The van der Waals surface area contributed by atoms with Gasteiger partial charge >= 0.3 is 0 Å². The van der Waals surface area contributed by atoms with Gasteiger partial charge in [0.05, 0.1) is 12.0 Å². The predicted octanol–water partition coefficient (Wildman–Crippen LogP) is 2.24. The number of carbonyl (C=O) groups excluding carboxylic acids is 1. The molecule has 0 aromatic heterocycles. The van der Waals surface area contributed by atoms with E-state index in [4.69, 9.17) is 0 Å². The molecule has 2 aliphatic rings. The van der Waals surface area contributed by atoms with Gasteiger partial charge in [0.2, 0.25) is 5.91 Å². The standard InChI is InChI=1S/C19H29N3O2/c1-3-21-9-11-22(12-10-21)15-7-8-17(14(2)13-15)20-19(24)16-5-4-6-18(16)23/h7-8,13,16,18,23H,3-6,9-12H2,1-2H3,(H,20,24). The summed E-state index contributed by atoms with van der Waals surface area (Å²) in [4.78, 5) is 17.2. The molecule has 1 heterocycles. The summed E-state index contributed by atoms with van der Waals surface area (Å²) >= 11 is 0. The van der Waals surface area contributed by atoms with Crippen molar-refractivity contribution in [2.24, 2.45) is 5.92 Å². The van der Waals surface area contributed by atoms with E-state index in [1.165, 1.54) is 5.69 Å². The number of rotatable bonds is 4. The van der Waals surface area contributed by atoms with E-state index in [1.807, 2.05) is 13.0 Å². The van der Waals surface area contributed by atoms with Crippen LogP contribution in [0, 0.1) is 12.8 Å². The molecule has 5 nitrogen and oxygen atoms in total. The molecule has 1 saturated heterocycles. The van der Waals surface area contributed by atoms with Crippen LogP contribution in [0.15, 0.2) is 18.2 Å². The molecular weight excluding hydrogens is 302 g/mol. The molecule has 2 fully saturated rings. The van der Waals surface area contributed by atoms with Gasteiger partial charge in [0.25, 0.3) is 0 Å². The highest BCUT2D eigenvalue weighted by Gasteiger charge is 2.31. The second-order valence-corrected chi connectivity index (χ2v) is 7.01. The average molecular weight is 331 g/mol. The summed E-state index contributed by atoms with van der Waals surface area (Å²) in [5, 5.41) is 12.9. The number of aliphatic hydroxyl groups excluding tert-OH is 1. The van der Waals surface area contributed by atoms with E-state index >= 15 is 0 Å². The molecule has 1 saturated carbocycles. The fourth-order valence-corrected chi connectivity index (χ4v) is 3.78. The molecule has 0 radical (unpaired) electrons. The molecule has 1 aliphatic heterocycles. The van der Waals surface area contributed by atoms with Crippen LogP contribution in [0.4, 0.5) is 11.4 Å². The number of piperazine rings is 1. The third-order valence-electron chi connectivity index (χ3n) is 5.47. The van der Waals surface area contributed by atoms with E-state index in [0.717, 1.165) is 63.2 Å². The summed E-state index contributed by atoms with van der Waals surface area (Å²) in [6.45, 7) is 9.66. The number of benzene rings is 1. The zero-order valence-corrected chi connectivity index (χ0v) is 14.8. The first-order valence-corrected chi connectivity index (χ1v) is 9.15. The summed E-state index contributed by atoms with van der Waals surface area (Å²) in [5.41, 5.74) is 3.16. The number of hydrogen-bond donors (Lipinski definition) is 2. The van der Waals surface area contributed by atoms with Crippen LogP contribution in [0.1, 0.15) is 31.7 Å². The van der Waals surface area contributed by atoms with E-state index in [9.17, 15) is 9.90 Å². The van der Waals surface area contributed by atoms with Gasteiger partial charge in [-0.3, -0.25) is 4.79 Å². The Balaban J connectivity index is 1.63. The smallest absolute Gasteiger partial charge is 0.230 e. The highest BCUT2D eigenvalue weighted by atomic mass is 16.3. The van der Waals surface area contributed by atoms with Crippen LogP contribution in [0.25, 0.3) is 0 Å². The number of nitrogens with one attached hydrogen (secondary N) is 1. The molecule has 24 heavy (non-hydrogen) atoms.